The van der Waals surface area contributed by atoms with Crippen molar-refractivity contribution in [2.75, 3.05) is 13.1 Å². The summed E-state index contributed by atoms with van der Waals surface area (Å²) in [5.74, 6) is 0.304. The minimum absolute atomic E-state index is 0.304. The Balaban J connectivity index is 0.000000428. The van der Waals surface area contributed by atoms with Crippen molar-refractivity contribution in [2.45, 2.75) is 66.3 Å². The standard InChI is InChI=1S/C11H23NO.C5H8N2/c1-4-7-8-10-12(9-5-2)11(13)6-3;1-2-7-5-3-4-6-7/h4-10H2,1-3H3;3-5H,2H2,1H3. The molecule has 4 nitrogen and oxygen atoms in total. The molecule has 1 rings (SSSR count). The lowest BCUT2D eigenvalue weighted by Gasteiger charge is -2.21. The van der Waals surface area contributed by atoms with Gasteiger partial charge in [-0.1, -0.05) is 33.6 Å². The average Bonchev–Trinajstić information content (AvgIpc) is 3.00. The number of unbranched alkanes of at least 4 members (excludes halogenated alkanes) is 2. The van der Waals surface area contributed by atoms with Crippen molar-refractivity contribution in [3.63, 3.8) is 0 Å². The van der Waals surface area contributed by atoms with E-state index in [4.69, 9.17) is 0 Å². The molecule has 1 aromatic rings. The van der Waals surface area contributed by atoms with Crippen molar-refractivity contribution < 1.29 is 4.79 Å². The summed E-state index contributed by atoms with van der Waals surface area (Å²) >= 11 is 0. The van der Waals surface area contributed by atoms with Crippen LogP contribution in [0.5, 0.6) is 0 Å². The largest absolute Gasteiger partial charge is 0.343 e. The van der Waals surface area contributed by atoms with Gasteiger partial charge in [-0.3, -0.25) is 9.48 Å². The Morgan fingerprint density at radius 2 is 1.85 bits per heavy atom. The van der Waals surface area contributed by atoms with E-state index in [1.54, 1.807) is 6.20 Å². The predicted molar refractivity (Wildman–Crippen MR) is 84.6 cm³/mol. The Morgan fingerprint density at radius 3 is 2.25 bits per heavy atom. The van der Waals surface area contributed by atoms with Crippen LogP contribution in [0.25, 0.3) is 0 Å². The summed E-state index contributed by atoms with van der Waals surface area (Å²) in [5.41, 5.74) is 0. The minimum atomic E-state index is 0.304. The van der Waals surface area contributed by atoms with Gasteiger partial charge in [-0.2, -0.15) is 5.10 Å². The van der Waals surface area contributed by atoms with E-state index in [9.17, 15) is 4.79 Å². The quantitative estimate of drug-likeness (QED) is 0.681. The van der Waals surface area contributed by atoms with Crippen LogP contribution in [0, 0.1) is 0 Å². The predicted octanol–water partition coefficient (Wildman–Crippen LogP) is 3.73. The third-order valence-electron chi connectivity index (χ3n) is 3.06. The summed E-state index contributed by atoms with van der Waals surface area (Å²) in [5, 5.41) is 3.95. The van der Waals surface area contributed by atoms with Gasteiger partial charge >= 0.3 is 0 Å². The molecule has 0 radical (unpaired) electrons. The second-order valence-electron chi connectivity index (χ2n) is 4.80. The average molecular weight is 281 g/mol. The Labute approximate surface area is 124 Å². The van der Waals surface area contributed by atoms with Gasteiger partial charge in [0.25, 0.3) is 0 Å². The maximum absolute atomic E-state index is 11.4. The van der Waals surface area contributed by atoms with Crippen LogP contribution in [0.1, 0.15) is 59.8 Å². The summed E-state index contributed by atoms with van der Waals surface area (Å²) in [6.45, 7) is 11.1. The Kier molecular flexibility index (Phi) is 11.9. The number of aromatic nitrogens is 2. The van der Waals surface area contributed by atoms with E-state index in [-0.39, 0.29) is 0 Å². The van der Waals surface area contributed by atoms with Crippen molar-refractivity contribution >= 4 is 5.91 Å². The molecule has 0 aliphatic carbocycles. The molecule has 0 bridgehead atoms. The van der Waals surface area contributed by atoms with Gasteiger partial charge in [0, 0.05) is 38.4 Å². The van der Waals surface area contributed by atoms with Gasteiger partial charge in [0.15, 0.2) is 0 Å². The van der Waals surface area contributed by atoms with Gasteiger partial charge in [0.1, 0.15) is 0 Å². The minimum Gasteiger partial charge on any atom is -0.343 e. The van der Waals surface area contributed by atoms with Gasteiger partial charge in [0.2, 0.25) is 5.91 Å². The van der Waals surface area contributed by atoms with Gasteiger partial charge < -0.3 is 4.90 Å². The van der Waals surface area contributed by atoms with E-state index in [0.717, 1.165) is 32.5 Å². The van der Waals surface area contributed by atoms with Crippen LogP contribution < -0.4 is 0 Å². The molecule has 0 saturated heterocycles. The van der Waals surface area contributed by atoms with Crippen molar-refractivity contribution in [2.24, 2.45) is 0 Å². The van der Waals surface area contributed by atoms with E-state index >= 15 is 0 Å². The fraction of sp³-hybridized carbons (Fsp3) is 0.750. The van der Waals surface area contributed by atoms with E-state index < -0.39 is 0 Å². The highest BCUT2D eigenvalue weighted by atomic mass is 16.2. The maximum Gasteiger partial charge on any atom is 0.222 e. The monoisotopic (exact) mass is 281 g/mol. The first-order valence-corrected chi connectivity index (χ1v) is 7.94. The highest BCUT2D eigenvalue weighted by Crippen LogP contribution is 2.01. The van der Waals surface area contributed by atoms with Crippen molar-refractivity contribution in [1.82, 2.24) is 14.7 Å². The number of amides is 1. The van der Waals surface area contributed by atoms with E-state index in [1.807, 2.05) is 28.8 Å². The molecule has 0 N–H and O–H groups in total. The molecule has 0 aliphatic rings. The molecule has 0 atom stereocenters. The highest BCUT2D eigenvalue weighted by Gasteiger charge is 2.08. The van der Waals surface area contributed by atoms with Gasteiger partial charge in [-0.15, -0.1) is 0 Å². The summed E-state index contributed by atoms with van der Waals surface area (Å²) in [4.78, 5) is 13.4. The fourth-order valence-electron chi connectivity index (χ4n) is 1.89. The third-order valence-corrected chi connectivity index (χ3v) is 3.06. The van der Waals surface area contributed by atoms with Crippen molar-refractivity contribution in [1.29, 1.82) is 0 Å². The van der Waals surface area contributed by atoms with Crippen LogP contribution in [0.4, 0.5) is 0 Å². The van der Waals surface area contributed by atoms with Crippen molar-refractivity contribution in [3.05, 3.63) is 18.5 Å². The Hall–Kier alpha value is -1.32. The molecule has 20 heavy (non-hydrogen) atoms. The first-order valence-electron chi connectivity index (χ1n) is 7.94. The molecule has 0 saturated carbocycles. The second-order valence-corrected chi connectivity index (χ2v) is 4.80. The van der Waals surface area contributed by atoms with E-state index in [1.165, 1.54) is 12.8 Å². The van der Waals surface area contributed by atoms with Crippen LogP contribution in [0.3, 0.4) is 0 Å². The topological polar surface area (TPSA) is 38.1 Å². The summed E-state index contributed by atoms with van der Waals surface area (Å²) in [6.07, 6.45) is 9.05. The summed E-state index contributed by atoms with van der Waals surface area (Å²) in [6, 6.07) is 1.92. The molecule has 0 fully saturated rings. The number of carbonyl (C=O) groups is 1. The zero-order valence-electron chi connectivity index (χ0n) is 13.6. The smallest absolute Gasteiger partial charge is 0.222 e. The molecule has 116 valence electrons. The van der Waals surface area contributed by atoms with Crippen LogP contribution in [0.2, 0.25) is 0 Å². The molecule has 0 spiro atoms. The van der Waals surface area contributed by atoms with Gasteiger partial charge in [-0.25, -0.2) is 0 Å². The summed E-state index contributed by atoms with van der Waals surface area (Å²) < 4.78 is 1.88. The number of rotatable bonds is 8. The summed E-state index contributed by atoms with van der Waals surface area (Å²) in [7, 11) is 0. The first kappa shape index (κ1) is 18.7. The maximum atomic E-state index is 11.4. The first-order chi connectivity index (χ1) is 9.69. The van der Waals surface area contributed by atoms with Gasteiger partial charge in [0.05, 0.1) is 0 Å². The van der Waals surface area contributed by atoms with Crippen LogP contribution >= 0.6 is 0 Å². The number of hydrogen-bond donors (Lipinski definition) is 0. The van der Waals surface area contributed by atoms with E-state index in [2.05, 4.69) is 25.9 Å². The van der Waals surface area contributed by atoms with Crippen molar-refractivity contribution in [3.8, 4) is 0 Å². The molecule has 4 heteroatoms. The Bertz CT molecular complexity index is 322. The highest BCUT2D eigenvalue weighted by molar-refractivity contribution is 5.75. The Morgan fingerprint density at radius 1 is 1.10 bits per heavy atom. The molecular weight excluding hydrogens is 250 g/mol. The lowest BCUT2D eigenvalue weighted by molar-refractivity contribution is -0.131. The number of aryl methyl sites for hydroxylation is 1. The van der Waals surface area contributed by atoms with E-state index in [0.29, 0.717) is 12.3 Å². The zero-order valence-corrected chi connectivity index (χ0v) is 13.6. The SMILES string of the molecule is CCCCCN(CCC)C(=O)CC.CCn1cccn1. The second kappa shape index (κ2) is 12.7. The molecule has 0 aliphatic heterocycles. The third kappa shape index (κ3) is 8.73. The van der Waals surface area contributed by atoms with Crippen LogP contribution in [-0.2, 0) is 11.3 Å². The fourth-order valence-corrected chi connectivity index (χ4v) is 1.89. The molecule has 0 unspecified atom stereocenters. The van der Waals surface area contributed by atoms with Crippen LogP contribution in [-0.4, -0.2) is 33.7 Å². The number of hydrogen-bond acceptors (Lipinski definition) is 2. The zero-order chi connectivity index (χ0) is 15.2. The molecule has 1 amide bonds. The lowest BCUT2D eigenvalue weighted by atomic mass is 10.2. The molecule has 0 aromatic carbocycles. The number of carbonyl (C=O) groups excluding carboxylic acids is 1. The molecule has 1 heterocycles. The molecule has 1 aromatic heterocycles. The number of nitrogens with zero attached hydrogens (tertiary/aromatic N) is 3. The van der Waals surface area contributed by atoms with Gasteiger partial charge in [-0.05, 0) is 25.8 Å². The lowest BCUT2D eigenvalue weighted by Crippen LogP contribution is -2.32. The van der Waals surface area contributed by atoms with Crippen LogP contribution in [0.15, 0.2) is 18.5 Å². The normalized spacial score (nSPS) is 9.80. The molecular formula is C16H31N3O.